The van der Waals surface area contributed by atoms with Crippen LogP contribution in [0.25, 0.3) is 0 Å². The lowest BCUT2D eigenvalue weighted by molar-refractivity contribution is -0.0593. The van der Waals surface area contributed by atoms with E-state index in [-0.39, 0.29) is 34.5 Å². The molecule has 37 heavy (non-hydrogen) atoms. The fraction of sp³-hybridized carbons (Fsp3) is 0.600. The van der Waals surface area contributed by atoms with E-state index in [0.29, 0.717) is 0 Å². The Bertz CT molecular complexity index is 1040. The smallest absolute Gasteiger partial charge is 0.288 e. The zero-order valence-electron chi connectivity index (χ0n) is 25.1. The first kappa shape index (κ1) is 29.0. The Morgan fingerprint density at radius 2 is 0.865 bits per heavy atom. The fourth-order valence-electron chi connectivity index (χ4n) is 6.27. The molecule has 2 heterocycles. The summed E-state index contributed by atoms with van der Waals surface area (Å²) in [6, 6.07) is 22.1. The molecule has 0 atom stereocenters. The molecule has 2 aromatic carbocycles. The van der Waals surface area contributed by atoms with Crippen molar-refractivity contribution in [1.82, 2.24) is 18.3 Å². The van der Waals surface area contributed by atoms with Crippen LogP contribution in [-0.4, -0.2) is 56.3 Å². The van der Waals surface area contributed by atoms with Crippen LogP contribution in [0.15, 0.2) is 60.7 Å². The number of halogens is 1. The van der Waals surface area contributed by atoms with Crippen LogP contribution >= 0.6 is 11.1 Å². The highest BCUT2D eigenvalue weighted by Crippen LogP contribution is 2.60. The van der Waals surface area contributed by atoms with Crippen LogP contribution in [0.2, 0.25) is 0 Å². The second kappa shape index (κ2) is 9.29. The maximum atomic E-state index is 8.36. The van der Waals surface area contributed by atoms with Crippen molar-refractivity contribution in [2.24, 2.45) is 0 Å². The zero-order chi connectivity index (χ0) is 27.8. The van der Waals surface area contributed by atoms with Gasteiger partial charge in [-0.1, -0.05) is 60.7 Å². The van der Waals surface area contributed by atoms with E-state index in [2.05, 4.69) is 162 Å². The van der Waals surface area contributed by atoms with Gasteiger partial charge in [0.1, 0.15) is 0 Å². The van der Waals surface area contributed by atoms with Gasteiger partial charge in [0, 0.05) is 22.2 Å². The third kappa shape index (κ3) is 4.81. The van der Waals surface area contributed by atoms with E-state index in [1.165, 1.54) is 11.1 Å². The van der Waals surface area contributed by atoms with Gasteiger partial charge in [0.25, 0.3) is 8.64 Å². The van der Waals surface area contributed by atoms with Gasteiger partial charge in [0.15, 0.2) is 0 Å². The van der Waals surface area contributed by atoms with Crippen molar-refractivity contribution >= 4 is 26.9 Å². The van der Waals surface area contributed by atoms with Crippen LogP contribution in [0, 0.1) is 0 Å². The van der Waals surface area contributed by atoms with E-state index in [1.54, 1.807) is 0 Å². The van der Waals surface area contributed by atoms with Crippen LogP contribution in [0.4, 0.5) is 0 Å². The van der Waals surface area contributed by atoms with Crippen molar-refractivity contribution in [3.05, 3.63) is 71.8 Å². The Hall–Kier alpha value is -0.996. The first-order chi connectivity index (χ1) is 16.8. The maximum Gasteiger partial charge on any atom is 0.329 e. The summed E-state index contributed by atoms with van der Waals surface area (Å²) in [5, 5.41) is 0. The predicted molar refractivity (Wildman–Crippen MR) is 162 cm³/mol. The molecule has 2 fully saturated rings. The van der Waals surface area contributed by atoms with Gasteiger partial charge in [-0.3, -0.25) is 18.3 Å². The summed E-state index contributed by atoms with van der Waals surface area (Å²) >= 11 is 8.36. The molecular weight excluding hydrogens is 508 g/mol. The van der Waals surface area contributed by atoms with Gasteiger partial charge < -0.3 is 0 Å². The summed E-state index contributed by atoms with van der Waals surface area (Å²) in [5.41, 5.74) is 2.52. The molecule has 0 spiro atoms. The first-order valence-electron chi connectivity index (χ1n) is 13.7. The van der Waals surface area contributed by atoms with E-state index in [0.717, 1.165) is 0 Å². The fourth-order valence-corrected chi connectivity index (χ4v) is 25.0. The van der Waals surface area contributed by atoms with Gasteiger partial charge in [-0.2, -0.15) is 0 Å². The number of nitrogens with zero attached hydrogens (tertiary/aromatic N) is 4. The Kier molecular flexibility index (Phi) is 7.28. The average molecular weight is 556 g/mol. The molecule has 0 bridgehead atoms. The molecule has 2 aromatic rings. The van der Waals surface area contributed by atoms with E-state index >= 15 is 0 Å². The Morgan fingerprint density at radius 1 is 0.541 bits per heavy atom. The van der Waals surface area contributed by atoms with Gasteiger partial charge in [0.05, 0.1) is 12.3 Å². The summed E-state index contributed by atoms with van der Waals surface area (Å²) < 4.78 is 11.1. The molecule has 203 valence electrons. The van der Waals surface area contributed by atoms with Crippen molar-refractivity contribution in [3.8, 4) is 0 Å². The molecule has 2 aliphatic rings. The second-order valence-electron chi connectivity index (χ2n) is 14.6. The third-order valence-corrected chi connectivity index (χ3v) is 21.1. The highest BCUT2D eigenvalue weighted by Gasteiger charge is 2.78. The van der Waals surface area contributed by atoms with Gasteiger partial charge in [-0.15, -0.1) is 11.1 Å². The lowest BCUT2D eigenvalue weighted by Crippen LogP contribution is -2.98. The summed E-state index contributed by atoms with van der Waals surface area (Å²) in [5.74, 6) is 0. The molecule has 7 heteroatoms. The highest BCUT2D eigenvalue weighted by atomic mass is 35.6. The Labute approximate surface area is 234 Å². The molecule has 0 amide bonds. The van der Waals surface area contributed by atoms with Crippen LogP contribution in [0.5, 0.6) is 0 Å². The summed E-state index contributed by atoms with van der Waals surface area (Å²) in [6.45, 7) is 28.4. The number of hydrogen-bond acceptors (Lipinski definition) is 4. The Balaban J connectivity index is 1.95. The van der Waals surface area contributed by atoms with Gasteiger partial charge >= 0.3 is 7.22 Å². The minimum absolute atomic E-state index is 0.0175. The molecule has 2 aliphatic heterocycles. The number of benzene rings is 2. The van der Waals surface area contributed by atoms with Crippen molar-refractivity contribution in [2.45, 2.75) is 118 Å². The monoisotopic (exact) mass is 555 g/mol. The quantitative estimate of drug-likeness (QED) is 0.286. The molecule has 4 rings (SSSR count). The molecule has 0 saturated carbocycles. The third-order valence-electron chi connectivity index (χ3n) is 7.44. The molecule has 2 saturated heterocycles. The second-order valence-corrected chi connectivity index (χ2v) is 24.4. The van der Waals surface area contributed by atoms with E-state index in [4.69, 9.17) is 11.1 Å². The van der Waals surface area contributed by atoms with Crippen LogP contribution in [0.1, 0.15) is 107 Å². The van der Waals surface area contributed by atoms with Crippen molar-refractivity contribution < 1.29 is 0 Å². The molecule has 0 unspecified atom stereocenters. The molecular formula is C30H48ClN4Si2. The van der Waals surface area contributed by atoms with E-state index in [1.807, 2.05) is 0 Å². The molecule has 0 N–H and O–H groups in total. The molecule has 4 nitrogen and oxygen atoms in total. The molecule has 1 radical (unpaired) electrons. The predicted octanol–water partition coefficient (Wildman–Crippen LogP) is 7.56. The molecule has 0 aromatic heterocycles. The molecule has 0 aliphatic carbocycles. The van der Waals surface area contributed by atoms with E-state index < -0.39 is 15.9 Å². The minimum Gasteiger partial charge on any atom is -0.288 e. The van der Waals surface area contributed by atoms with E-state index in [9.17, 15) is 0 Å². The zero-order valence-corrected chi connectivity index (χ0v) is 27.9. The minimum atomic E-state index is -2.72. The van der Waals surface area contributed by atoms with Crippen molar-refractivity contribution in [1.29, 1.82) is 0 Å². The van der Waals surface area contributed by atoms with Gasteiger partial charge in [0.2, 0.25) is 0 Å². The van der Waals surface area contributed by atoms with Crippen LogP contribution in [0.3, 0.4) is 0 Å². The van der Waals surface area contributed by atoms with Crippen molar-refractivity contribution in [2.75, 3.05) is 0 Å². The average Bonchev–Trinajstić information content (AvgIpc) is 2.68. The topological polar surface area (TPSA) is 13.0 Å². The van der Waals surface area contributed by atoms with Crippen LogP contribution < -0.4 is 0 Å². The standard InChI is InChI=1S/C30H48ClN4Si2/c1-27(2,3)32-25(23-19-15-13-16-20-23)33(28(4,5)6)36(32)37(31)34(29(7,8)9)26(35(37)30(10,11)12)24-21-17-14-18-22-24/h13-22,25-26H,1-12H3. The summed E-state index contributed by atoms with van der Waals surface area (Å²) in [6.07, 6.45) is 0.389. The largest absolute Gasteiger partial charge is 0.329 e. The SMILES string of the molecule is CC(C)(C)N1C(c2ccccc2)N(C(C)(C)C)[Si]1[Si]1(Cl)N(C(C)(C)C)C(c2ccccc2)N1C(C)(C)C. The number of rotatable bonds is 3. The maximum absolute atomic E-state index is 8.36. The normalized spacial score (nSPS) is 26.2. The summed E-state index contributed by atoms with van der Waals surface area (Å²) in [7, 11) is -4.07. The van der Waals surface area contributed by atoms with Gasteiger partial charge in [-0.25, -0.2) is 0 Å². The lowest BCUT2D eigenvalue weighted by atomic mass is 10.0. The highest BCUT2D eigenvalue weighted by molar-refractivity contribution is 7.51. The summed E-state index contributed by atoms with van der Waals surface area (Å²) in [4.78, 5) is 0. The van der Waals surface area contributed by atoms with Crippen molar-refractivity contribution in [3.63, 3.8) is 0 Å². The van der Waals surface area contributed by atoms with Gasteiger partial charge in [-0.05, 0) is 94.2 Å². The first-order valence-corrected chi connectivity index (χ1v) is 19.0. The lowest BCUT2D eigenvalue weighted by Gasteiger charge is -2.77. The van der Waals surface area contributed by atoms with Crippen LogP contribution in [-0.2, 0) is 0 Å². The Morgan fingerprint density at radius 3 is 1.16 bits per heavy atom. The number of hydrogen-bond donors (Lipinski definition) is 0.